The Bertz CT molecular complexity index is 328. The van der Waals surface area contributed by atoms with Crippen molar-refractivity contribution < 1.29 is 9.59 Å². The van der Waals surface area contributed by atoms with Crippen molar-refractivity contribution in [3.8, 4) is 0 Å². The molecule has 4 heteroatoms. The minimum absolute atomic E-state index is 0.0195. The van der Waals surface area contributed by atoms with Crippen LogP contribution in [0.3, 0.4) is 0 Å². The maximum atomic E-state index is 12.5. The summed E-state index contributed by atoms with van der Waals surface area (Å²) in [6.45, 7) is 10.9. The monoisotopic (exact) mass is 268 g/mol. The van der Waals surface area contributed by atoms with Gasteiger partial charge >= 0.3 is 0 Å². The zero-order valence-corrected chi connectivity index (χ0v) is 12.9. The van der Waals surface area contributed by atoms with Crippen LogP contribution in [0.4, 0.5) is 0 Å². The molecule has 0 bridgehead atoms. The molecule has 110 valence electrons. The maximum Gasteiger partial charge on any atom is 0.245 e. The Balaban J connectivity index is 2.75. The number of piperazine rings is 1. The van der Waals surface area contributed by atoms with Crippen LogP contribution in [0.15, 0.2) is 0 Å². The molecule has 1 aliphatic rings. The summed E-state index contributed by atoms with van der Waals surface area (Å²) in [6, 6.07) is -0.673. The van der Waals surface area contributed by atoms with Gasteiger partial charge in [-0.3, -0.25) is 9.59 Å². The Labute approximate surface area is 116 Å². The largest absolute Gasteiger partial charge is 0.343 e. The molecule has 1 N–H and O–H groups in total. The summed E-state index contributed by atoms with van der Waals surface area (Å²) in [4.78, 5) is 26.2. The summed E-state index contributed by atoms with van der Waals surface area (Å²) >= 11 is 0. The molecule has 1 heterocycles. The van der Waals surface area contributed by atoms with Crippen LogP contribution in [0.1, 0.15) is 53.9 Å². The molecular weight excluding hydrogens is 240 g/mol. The molecule has 0 aromatic rings. The van der Waals surface area contributed by atoms with E-state index in [4.69, 9.17) is 0 Å². The molecule has 0 radical (unpaired) electrons. The molecule has 3 atom stereocenters. The second-order valence-corrected chi connectivity index (χ2v) is 6.25. The lowest BCUT2D eigenvalue weighted by Gasteiger charge is -2.39. The Kier molecular flexibility index (Phi) is 5.83. The van der Waals surface area contributed by atoms with Gasteiger partial charge in [-0.1, -0.05) is 34.1 Å². The number of hydrogen-bond acceptors (Lipinski definition) is 2. The normalized spacial score (nSPS) is 25.7. The number of amides is 2. The summed E-state index contributed by atoms with van der Waals surface area (Å²) < 4.78 is 0. The predicted octanol–water partition coefficient (Wildman–Crippen LogP) is 2.18. The Morgan fingerprint density at radius 1 is 1.26 bits per heavy atom. The van der Waals surface area contributed by atoms with Crippen LogP contribution in [-0.2, 0) is 9.59 Å². The molecular formula is C15H28N2O2. The van der Waals surface area contributed by atoms with Gasteiger partial charge in [-0.25, -0.2) is 0 Å². The highest BCUT2D eigenvalue weighted by atomic mass is 16.2. The highest BCUT2D eigenvalue weighted by Crippen LogP contribution is 2.18. The van der Waals surface area contributed by atoms with E-state index in [1.165, 1.54) is 0 Å². The average molecular weight is 268 g/mol. The van der Waals surface area contributed by atoms with Crippen LogP contribution in [0.5, 0.6) is 0 Å². The molecule has 0 aliphatic carbocycles. The van der Waals surface area contributed by atoms with Crippen molar-refractivity contribution in [2.24, 2.45) is 11.8 Å². The van der Waals surface area contributed by atoms with E-state index in [0.717, 1.165) is 19.3 Å². The van der Waals surface area contributed by atoms with Gasteiger partial charge in [-0.05, 0) is 31.6 Å². The summed E-state index contributed by atoms with van der Waals surface area (Å²) in [7, 11) is 0. The van der Waals surface area contributed by atoms with E-state index in [2.05, 4.69) is 33.0 Å². The van der Waals surface area contributed by atoms with Crippen LogP contribution in [-0.4, -0.2) is 35.3 Å². The van der Waals surface area contributed by atoms with Crippen LogP contribution in [0, 0.1) is 11.8 Å². The first-order valence-electron chi connectivity index (χ1n) is 7.47. The lowest BCUT2D eigenvalue weighted by molar-refractivity contribution is -0.149. The molecule has 0 aromatic carbocycles. The smallest absolute Gasteiger partial charge is 0.245 e. The Hall–Kier alpha value is -1.06. The van der Waals surface area contributed by atoms with E-state index in [9.17, 15) is 9.59 Å². The van der Waals surface area contributed by atoms with Gasteiger partial charge in [0.05, 0.1) is 0 Å². The summed E-state index contributed by atoms with van der Waals surface area (Å²) in [5.74, 6) is 0.914. The first-order chi connectivity index (χ1) is 8.86. The van der Waals surface area contributed by atoms with E-state index < -0.39 is 0 Å². The SMILES string of the molecule is CCCC(C)CN1C(=O)C(CC(C)C)NC(=O)C1C. The van der Waals surface area contributed by atoms with Gasteiger partial charge in [-0.15, -0.1) is 0 Å². The molecule has 1 saturated heterocycles. The molecule has 0 saturated carbocycles. The molecule has 4 nitrogen and oxygen atoms in total. The van der Waals surface area contributed by atoms with Gasteiger partial charge < -0.3 is 10.2 Å². The van der Waals surface area contributed by atoms with Gasteiger partial charge in [0.15, 0.2) is 0 Å². The molecule has 1 aliphatic heterocycles. The number of hydrogen-bond donors (Lipinski definition) is 1. The molecule has 3 unspecified atom stereocenters. The zero-order chi connectivity index (χ0) is 14.6. The van der Waals surface area contributed by atoms with Crippen molar-refractivity contribution in [1.29, 1.82) is 0 Å². The van der Waals surface area contributed by atoms with Crippen LogP contribution < -0.4 is 5.32 Å². The van der Waals surface area contributed by atoms with E-state index in [1.54, 1.807) is 4.90 Å². The fraction of sp³-hybridized carbons (Fsp3) is 0.867. The topological polar surface area (TPSA) is 49.4 Å². The van der Waals surface area contributed by atoms with Crippen molar-refractivity contribution in [1.82, 2.24) is 10.2 Å². The fourth-order valence-electron chi connectivity index (χ4n) is 2.69. The van der Waals surface area contributed by atoms with Crippen molar-refractivity contribution in [3.63, 3.8) is 0 Å². The quantitative estimate of drug-likeness (QED) is 0.802. The molecule has 1 rings (SSSR count). The van der Waals surface area contributed by atoms with Crippen molar-refractivity contribution >= 4 is 11.8 Å². The Morgan fingerprint density at radius 2 is 1.89 bits per heavy atom. The van der Waals surface area contributed by atoms with Gasteiger partial charge in [0.1, 0.15) is 12.1 Å². The summed E-state index contributed by atoms with van der Waals surface area (Å²) in [5.41, 5.74) is 0. The van der Waals surface area contributed by atoms with Gasteiger partial charge in [0.2, 0.25) is 11.8 Å². The molecule has 2 amide bonds. The maximum absolute atomic E-state index is 12.5. The predicted molar refractivity (Wildman–Crippen MR) is 76.6 cm³/mol. The number of carbonyl (C=O) groups is 2. The third-order valence-electron chi connectivity index (χ3n) is 3.74. The number of rotatable bonds is 6. The second-order valence-electron chi connectivity index (χ2n) is 6.25. The molecule has 0 aromatic heterocycles. The highest BCUT2D eigenvalue weighted by Gasteiger charge is 2.38. The van der Waals surface area contributed by atoms with Crippen LogP contribution in [0.2, 0.25) is 0 Å². The number of nitrogens with one attached hydrogen (secondary N) is 1. The third-order valence-corrected chi connectivity index (χ3v) is 3.74. The molecule has 1 fully saturated rings. The van der Waals surface area contributed by atoms with E-state index in [1.807, 2.05) is 6.92 Å². The van der Waals surface area contributed by atoms with E-state index in [0.29, 0.717) is 18.4 Å². The number of carbonyl (C=O) groups excluding carboxylic acids is 2. The van der Waals surface area contributed by atoms with Crippen molar-refractivity contribution in [3.05, 3.63) is 0 Å². The molecule has 0 spiro atoms. The first kappa shape index (κ1) is 16.0. The lowest BCUT2D eigenvalue weighted by Crippen LogP contribution is -2.63. The third kappa shape index (κ3) is 4.22. The summed E-state index contributed by atoms with van der Waals surface area (Å²) in [5, 5.41) is 2.85. The molecule has 19 heavy (non-hydrogen) atoms. The standard InChI is InChI=1S/C15H28N2O2/c1-6-7-11(4)9-17-12(5)14(18)16-13(15(17)19)8-10(2)3/h10-13H,6-9H2,1-5H3,(H,16,18). The van der Waals surface area contributed by atoms with E-state index >= 15 is 0 Å². The van der Waals surface area contributed by atoms with Gasteiger partial charge in [-0.2, -0.15) is 0 Å². The minimum atomic E-state index is -0.338. The van der Waals surface area contributed by atoms with Gasteiger partial charge in [0, 0.05) is 6.54 Å². The average Bonchev–Trinajstić information content (AvgIpc) is 2.31. The van der Waals surface area contributed by atoms with E-state index in [-0.39, 0.29) is 23.9 Å². The van der Waals surface area contributed by atoms with Crippen LogP contribution in [0.25, 0.3) is 0 Å². The van der Waals surface area contributed by atoms with Crippen molar-refractivity contribution in [2.75, 3.05) is 6.54 Å². The number of nitrogens with zero attached hydrogens (tertiary/aromatic N) is 1. The highest BCUT2D eigenvalue weighted by molar-refractivity contribution is 5.96. The lowest BCUT2D eigenvalue weighted by atomic mass is 9.97. The zero-order valence-electron chi connectivity index (χ0n) is 12.9. The second kappa shape index (κ2) is 6.92. The van der Waals surface area contributed by atoms with Gasteiger partial charge in [0.25, 0.3) is 0 Å². The minimum Gasteiger partial charge on any atom is -0.343 e. The summed E-state index contributed by atoms with van der Waals surface area (Å²) in [6.07, 6.45) is 2.92. The fourth-order valence-corrected chi connectivity index (χ4v) is 2.69. The van der Waals surface area contributed by atoms with Crippen LogP contribution >= 0.6 is 0 Å². The first-order valence-corrected chi connectivity index (χ1v) is 7.47. The Morgan fingerprint density at radius 3 is 2.42 bits per heavy atom. The van der Waals surface area contributed by atoms with Crippen molar-refractivity contribution in [2.45, 2.75) is 66.0 Å².